The molecule has 0 aromatic rings. The van der Waals surface area contributed by atoms with Gasteiger partial charge in [-0.25, -0.2) is 0 Å². The summed E-state index contributed by atoms with van der Waals surface area (Å²) in [7, 11) is 1.76. The molecule has 1 heterocycles. The fourth-order valence-electron chi connectivity index (χ4n) is 4.50. The number of hydrogen-bond acceptors (Lipinski definition) is 3. The van der Waals surface area contributed by atoms with E-state index in [4.69, 9.17) is 10.5 Å². The topological polar surface area (TPSA) is 55.6 Å². The van der Waals surface area contributed by atoms with Crippen molar-refractivity contribution in [2.45, 2.75) is 50.7 Å². The van der Waals surface area contributed by atoms with Gasteiger partial charge in [0.25, 0.3) is 0 Å². The minimum atomic E-state index is 0.185. The number of hydrogen-bond donors (Lipinski definition) is 1. The molecule has 3 fully saturated rings. The molecule has 1 saturated heterocycles. The summed E-state index contributed by atoms with van der Waals surface area (Å²) < 4.78 is 5.43. The zero-order chi connectivity index (χ0) is 13.4. The van der Waals surface area contributed by atoms with Crippen LogP contribution in [-0.2, 0) is 9.53 Å². The maximum absolute atomic E-state index is 12.8. The molecule has 2 N–H and O–H groups in total. The SMILES string of the molecule is COC1CCN(C(=O)C2CC3CCC2C3)C(CN)C1. The van der Waals surface area contributed by atoms with E-state index in [1.807, 2.05) is 0 Å². The number of methoxy groups -OCH3 is 1. The summed E-state index contributed by atoms with van der Waals surface area (Å²) in [5.41, 5.74) is 5.87. The molecule has 5 atom stereocenters. The van der Waals surface area contributed by atoms with E-state index in [9.17, 15) is 4.79 Å². The quantitative estimate of drug-likeness (QED) is 0.840. The second-order valence-electron chi connectivity index (χ2n) is 6.58. The Morgan fingerprint density at radius 1 is 1.26 bits per heavy atom. The van der Waals surface area contributed by atoms with Crippen LogP contribution in [0.2, 0.25) is 0 Å². The lowest BCUT2D eigenvalue weighted by atomic mass is 9.86. The molecule has 2 saturated carbocycles. The highest BCUT2D eigenvalue weighted by molar-refractivity contribution is 5.80. The van der Waals surface area contributed by atoms with Gasteiger partial charge in [0.2, 0.25) is 5.91 Å². The van der Waals surface area contributed by atoms with E-state index in [2.05, 4.69) is 4.90 Å². The first kappa shape index (κ1) is 13.4. The van der Waals surface area contributed by atoms with Crippen LogP contribution in [-0.4, -0.2) is 43.2 Å². The fourth-order valence-corrected chi connectivity index (χ4v) is 4.50. The van der Waals surface area contributed by atoms with Crippen LogP contribution in [0.3, 0.4) is 0 Å². The van der Waals surface area contributed by atoms with Gasteiger partial charge in [-0.15, -0.1) is 0 Å². The normalized spacial score (nSPS) is 41.8. The number of fused-ring (bicyclic) bond motifs is 2. The number of rotatable bonds is 3. The number of ether oxygens (including phenoxy) is 1. The van der Waals surface area contributed by atoms with Crippen LogP contribution in [0, 0.1) is 17.8 Å². The van der Waals surface area contributed by atoms with Crippen LogP contribution in [0.1, 0.15) is 38.5 Å². The van der Waals surface area contributed by atoms with Gasteiger partial charge in [-0.2, -0.15) is 0 Å². The second kappa shape index (κ2) is 5.41. The zero-order valence-corrected chi connectivity index (χ0v) is 11.9. The molecule has 0 spiro atoms. The molecule has 1 amide bonds. The van der Waals surface area contributed by atoms with Gasteiger partial charge in [-0.3, -0.25) is 4.79 Å². The van der Waals surface area contributed by atoms with Crippen LogP contribution in [0.4, 0.5) is 0 Å². The van der Waals surface area contributed by atoms with Crippen molar-refractivity contribution in [3.63, 3.8) is 0 Å². The standard InChI is InChI=1S/C15H26N2O2/c1-19-13-4-5-17(12(8-13)9-16)15(18)14-7-10-2-3-11(14)6-10/h10-14H,2-9,16H2,1H3. The summed E-state index contributed by atoms with van der Waals surface area (Å²) in [6, 6.07) is 0.185. The molecule has 4 heteroatoms. The smallest absolute Gasteiger partial charge is 0.226 e. The van der Waals surface area contributed by atoms with Gasteiger partial charge in [0.15, 0.2) is 0 Å². The van der Waals surface area contributed by atoms with E-state index in [0.717, 1.165) is 31.7 Å². The summed E-state index contributed by atoms with van der Waals surface area (Å²) in [5, 5.41) is 0. The largest absolute Gasteiger partial charge is 0.381 e. The predicted octanol–water partition coefficient (Wildman–Crippen LogP) is 1.39. The van der Waals surface area contributed by atoms with E-state index >= 15 is 0 Å². The molecule has 3 aliphatic rings. The third-order valence-corrected chi connectivity index (χ3v) is 5.61. The number of amides is 1. The van der Waals surface area contributed by atoms with Gasteiger partial charge in [-0.1, -0.05) is 6.42 Å². The van der Waals surface area contributed by atoms with Gasteiger partial charge >= 0.3 is 0 Å². The van der Waals surface area contributed by atoms with E-state index < -0.39 is 0 Å². The molecule has 4 nitrogen and oxygen atoms in total. The Bertz CT molecular complexity index is 347. The van der Waals surface area contributed by atoms with Crippen LogP contribution in [0.25, 0.3) is 0 Å². The fraction of sp³-hybridized carbons (Fsp3) is 0.933. The predicted molar refractivity (Wildman–Crippen MR) is 73.5 cm³/mol. The third kappa shape index (κ3) is 2.40. The summed E-state index contributed by atoms with van der Waals surface area (Å²) in [5.74, 6) is 2.17. The Labute approximate surface area is 115 Å². The minimum Gasteiger partial charge on any atom is -0.381 e. The van der Waals surface area contributed by atoms with Gasteiger partial charge in [-0.05, 0) is 43.9 Å². The van der Waals surface area contributed by atoms with Crippen LogP contribution in [0.15, 0.2) is 0 Å². The average molecular weight is 266 g/mol. The Balaban J connectivity index is 1.65. The monoisotopic (exact) mass is 266 g/mol. The Morgan fingerprint density at radius 3 is 2.68 bits per heavy atom. The van der Waals surface area contributed by atoms with E-state index in [-0.39, 0.29) is 12.1 Å². The third-order valence-electron chi connectivity index (χ3n) is 5.61. The second-order valence-corrected chi connectivity index (χ2v) is 6.58. The Hall–Kier alpha value is -0.610. The lowest BCUT2D eigenvalue weighted by Gasteiger charge is -2.40. The highest BCUT2D eigenvalue weighted by atomic mass is 16.5. The molecule has 0 aromatic carbocycles. The number of likely N-dealkylation sites (tertiary alicyclic amines) is 1. The van der Waals surface area contributed by atoms with Crippen LogP contribution in [0.5, 0.6) is 0 Å². The van der Waals surface area contributed by atoms with E-state index in [1.54, 1.807) is 7.11 Å². The van der Waals surface area contributed by atoms with Crippen molar-refractivity contribution in [3.8, 4) is 0 Å². The Kier molecular flexibility index (Phi) is 3.81. The first-order chi connectivity index (χ1) is 9.22. The highest BCUT2D eigenvalue weighted by Crippen LogP contribution is 2.49. The molecule has 0 aromatic heterocycles. The summed E-state index contributed by atoms with van der Waals surface area (Å²) in [4.78, 5) is 14.9. The molecule has 2 aliphatic carbocycles. The molecular weight excluding hydrogens is 240 g/mol. The molecule has 0 radical (unpaired) electrons. The van der Waals surface area contributed by atoms with Crippen molar-refractivity contribution < 1.29 is 9.53 Å². The first-order valence-corrected chi connectivity index (χ1v) is 7.76. The Morgan fingerprint density at radius 2 is 2.11 bits per heavy atom. The summed E-state index contributed by atoms with van der Waals surface area (Å²) >= 11 is 0. The number of nitrogens with two attached hydrogens (primary N) is 1. The number of carbonyl (C=O) groups is 1. The number of carbonyl (C=O) groups excluding carboxylic acids is 1. The molecule has 3 rings (SSSR count). The zero-order valence-electron chi connectivity index (χ0n) is 11.9. The van der Waals surface area contributed by atoms with Gasteiger partial charge in [0, 0.05) is 32.2 Å². The van der Waals surface area contributed by atoms with Crippen molar-refractivity contribution >= 4 is 5.91 Å². The number of nitrogens with zero attached hydrogens (tertiary/aromatic N) is 1. The lowest BCUT2D eigenvalue weighted by Crippen LogP contribution is -2.53. The van der Waals surface area contributed by atoms with Crippen molar-refractivity contribution in [3.05, 3.63) is 0 Å². The van der Waals surface area contributed by atoms with Gasteiger partial charge in [0.05, 0.1) is 6.10 Å². The van der Waals surface area contributed by atoms with E-state index in [1.165, 1.54) is 19.3 Å². The maximum Gasteiger partial charge on any atom is 0.226 e. The van der Waals surface area contributed by atoms with Crippen molar-refractivity contribution in [2.75, 3.05) is 20.2 Å². The van der Waals surface area contributed by atoms with Crippen molar-refractivity contribution in [1.29, 1.82) is 0 Å². The molecule has 5 unspecified atom stereocenters. The molecule has 1 aliphatic heterocycles. The van der Waals surface area contributed by atoms with Gasteiger partial charge < -0.3 is 15.4 Å². The molecule has 108 valence electrons. The molecule has 19 heavy (non-hydrogen) atoms. The van der Waals surface area contributed by atoms with Crippen molar-refractivity contribution in [1.82, 2.24) is 4.90 Å². The minimum absolute atomic E-state index is 0.185. The van der Waals surface area contributed by atoms with E-state index in [0.29, 0.717) is 24.3 Å². The lowest BCUT2D eigenvalue weighted by molar-refractivity contribution is -0.142. The van der Waals surface area contributed by atoms with Crippen LogP contribution >= 0.6 is 0 Å². The van der Waals surface area contributed by atoms with Crippen molar-refractivity contribution in [2.24, 2.45) is 23.5 Å². The molecular formula is C15H26N2O2. The first-order valence-electron chi connectivity index (χ1n) is 7.76. The van der Waals surface area contributed by atoms with Crippen LogP contribution < -0.4 is 5.73 Å². The molecule has 2 bridgehead atoms. The summed E-state index contributed by atoms with van der Waals surface area (Å²) in [6.45, 7) is 1.39. The summed E-state index contributed by atoms with van der Waals surface area (Å²) in [6.07, 6.45) is 7.17. The number of piperidine rings is 1. The van der Waals surface area contributed by atoms with Gasteiger partial charge in [0.1, 0.15) is 0 Å². The highest BCUT2D eigenvalue weighted by Gasteiger charge is 2.45. The average Bonchev–Trinajstić information content (AvgIpc) is 3.08. The maximum atomic E-state index is 12.8.